The van der Waals surface area contributed by atoms with E-state index < -0.39 is 24.1 Å². The van der Waals surface area contributed by atoms with Crippen LogP contribution in [0.2, 0.25) is 0 Å². The zero-order chi connectivity index (χ0) is 88.1. The van der Waals surface area contributed by atoms with Gasteiger partial charge < -0.3 is 0 Å². The van der Waals surface area contributed by atoms with Gasteiger partial charge in [0, 0.05) is 32.5 Å². The summed E-state index contributed by atoms with van der Waals surface area (Å²) >= 11 is 0. The van der Waals surface area contributed by atoms with Crippen LogP contribution in [0, 0.1) is 0 Å². The van der Waals surface area contributed by atoms with Gasteiger partial charge in [0.25, 0.3) is 0 Å². The van der Waals surface area contributed by atoms with E-state index in [0.717, 1.165) is 96.3 Å². The van der Waals surface area contributed by atoms with Crippen molar-refractivity contribution in [2.75, 3.05) is 19.8 Å². The molecule has 0 fully saturated rings. The number of rotatable bonds is 36. The predicted octanol–water partition coefficient (Wildman–Crippen LogP) is 33.1. The molecule has 0 aliphatic rings. The molecule has 6 aromatic carbocycles. The molecule has 3 atom stereocenters. The Morgan fingerprint density at radius 1 is 0.241 bits per heavy atom. The quantitative estimate of drug-likeness (QED) is 0.0223. The number of unbranched alkanes of at least 4 members (excludes halogenated alkanes) is 9. The van der Waals surface area contributed by atoms with E-state index in [1.54, 1.807) is 0 Å². The molecule has 6 rings (SSSR count). The normalized spacial score (nSPS) is 15.7. The molecule has 0 N–H and O–H groups in total. The third-order valence-electron chi connectivity index (χ3n) is 26.2. The van der Waals surface area contributed by atoms with Crippen molar-refractivity contribution in [3.63, 3.8) is 0 Å². The molecule has 0 amide bonds. The van der Waals surface area contributed by atoms with Crippen molar-refractivity contribution in [2.45, 2.75) is 427 Å². The summed E-state index contributed by atoms with van der Waals surface area (Å²) in [5, 5.41) is 0. The van der Waals surface area contributed by atoms with Crippen LogP contribution in [0.25, 0.3) is 0 Å². The van der Waals surface area contributed by atoms with Gasteiger partial charge in [0.2, 0.25) is 0 Å². The Labute approximate surface area is 715 Å². The first-order valence-corrected chi connectivity index (χ1v) is 46.8. The summed E-state index contributed by atoms with van der Waals surface area (Å²) in [4.78, 5) is 0. The monoisotopic (exact) mass is 1600 g/mol. The Morgan fingerprint density at radius 2 is 0.414 bits per heavy atom. The highest BCUT2D eigenvalue weighted by Crippen LogP contribution is 2.61. The van der Waals surface area contributed by atoms with Crippen LogP contribution in [0.3, 0.4) is 0 Å². The molecule has 4 nitrogen and oxygen atoms in total. The van der Waals surface area contributed by atoms with E-state index in [0.29, 0.717) is 0 Å². The van der Waals surface area contributed by atoms with Gasteiger partial charge in [0.1, 0.15) is 0 Å². The molecule has 3 unspecified atom stereocenters. The lowest BCUT2D eigenvalue weighted by molar-refractivity contribution is 0.0693. The van der Waals surface area contributed by atoms with Gasteiger partial charge in [0.05, 0.1) is 19.8 Å². The number of hydrogen-bond donors (Lipinski definition) is 0. The molecule has 0 spiro atoms. The molecule has 0 heterocycles. The van der Waals surface area contributed by atoms with Crippen molar-refractivity contribution in [1.29, 1.82) is 0 Å². The minimum Gasteiger partial charge on any atom is -0.286 e. The van der Waals surface area contributed by atoms with Gasteiger partial charge in [-0.15, -0.1) is 19.7 Å². The van der Waals surface area contributed by atoms with E-state index in [-0.39, 0.29) is 84.8 Å². The molecule has 0 aromatic heterocycles. The minimum absolute atomic E-state index is 0.00676. The average molecular weight is 1600 g/mol. The van der Waals surface area contributed by atoms with Crippen LogP contribution in [0.5, 0.6) is 0 Å². The smallest absolute Gasteiger partial charge is 0.286 e. The van der Waals surface area contributed by atoms with Gasteiger partial charge in [0.15, 0.2) is 0 Å². The Kier molecular flexibility index (Phi) is 31.9. The molecule has 0 aliphatic carbocycles. The Morgan fingerprint density at radius 3 is 0.569 bits per heavy atom. The molecule has 0 saturated carbocycles. The van der Waals surface area contributed by atoms with Crippen molar-refractivity contribution in [3.05, 3.63) is 247 Å². The van der Waals surface area contributed by atoms with Crippen LogP contribution in [-0.2, 0) is 99.4 Å². The highest BCUT2D eigenvalue weighted by atomic mass is 31.2. The second-order valence-electron chi connectivity index (χ2n) is 46.5. The average Bonchev–Trinajstić information content (AvgIpc) is 0.735. The first-order chi connectivity index (χ1) is 53.0. The SMILES string of the molecule is C=CC(C)(C)c1ccc(C(CCCCCC)(COP(=O)(OCC(CCCCCC)(c2ccc(C(C)(C)C)cc2C(C)(C)C)c2ccc(C(C)(C)C=C)cc2C(C)(C)C)OCC(CCCCCC)(c2ccc(C(C)(C)C)cc2C(C)(C)C)c2ccc(C(C)(C)C=C)cc2C(C)(C)C)c2ccc(C(C)(C)C)cc2C(C)(C)C)c(C(C)(C)C)c1. The standard InChI is InChI=1S/C111H171O4P/c1-40-46-49-52-67-109(85-61-55-79(97(7,8)9)70-91(85)100(16,17)18,88-64-58-82(106(34,35)43-4)73-94(88)103(25,26)27)76-113-116(112,114-77-110(68-53-50-47-41-2,86-62-56-80(98(10,11)12)71-92(86)101(19,20)21)89-65-59-83(107(36,37)44-5)74-95(89)104(28,29)30)115-78-111(69-54-51-48-42-3,87-63-57-81(99(13,14)15)72-93(87)102(22,23)24)90-66-60-84(108(38,39)45-6)75-96(90)105(31,32)33/h43-45,55-66,70-75H,4-6,40-42,46-54,67-69,76-78H2,1-3,7-39H3. The van der Waals surface area contributed by atoms with Crippen molar-refractivity contribution in [3.8, 4) is 0 Å². The first-order valence-electron chi connectivity index (χ1n) is 45.4. The highest BCUT2D eigenvalue weighted by Gasteiger charge is 2.51. The molecule has 0 saturated heterocycles. The minimum atomic E-state index is -4.97. The maximum Gasteiger partial charge on any atom is 0.474 e. The van der Waals surface area contributed by atoms with Gasteiger partial charge >= 0.3 is 7.82 Å². The largest absolute Gasteiger partial charge is 0.474 e. The number of hydrogen-bond acceptors (Lipinski definition) is 4. The summed E-state index contributed by atoms with van der Waals surface area (Å²) in [6, 6.07) is 43.9. The second-order valence-corrected chi connectivity index (χ2v) is 48.2. The van der Waals surface area contributed by atoms with Gasteiger partial charge in [-0.05, 0) is 168 Å². The van der Waals surface area contributed by atoms with Gasteiger partial charge in [-0.25, -0.2) is 4.57 Å². The van der Waals surface area contributed by atoms with Gasteiger partial charge in [-0.3, -0.25) is 13.6 Å². The third kappa shape index (κ3) is 23.5. The number of phosphoric acid groups is 1. The molecule has 0 aliphatic heterocycles. The molecular formula is C111H171O4P. The lowest BCUT2D eigenvalue weighted by Crippen LogP contribution is -2.41. The zero-order valence-corrected chi connectivity index (χ0v) is 82.4. The van der Waals surface area contributed by atoms with Crippen LogP contribution in [-0.4, -0.2) is 19.8 Å². The van der Waals surface area contributed by atoms with E-state index in [4.69, 9.17) is 13.6 Å². The van der Waals surface area contributed by atoms with Crippen LogP contribution in [0.1, 0.15) is 446 Å². The van der Waals surface area contributed by atoms with E-state index in [1.165, 1.54) is 100 Å². The summed E-state index contributed by atoms with van der Waals surface area (Å²) in [5.41, 5.74) is 15.6. The van der Waals surface area contributed by atoms with Crippen molar-refractivity contribution < 1.29 is 18.1 Å². The first kappa shape index (κ1) is 99.5. The number of allylic oxidation sites excluding steroid dienone is 3. The molecule has 0 bridgehead atoms. The summed E-state index contributed by atoms with van der Waals surface area (Å²) < 4.78 is 44.1. The summed E-state index contributed by atoms with van der Waals surface area (Å²) in [6.07, 6.45) is 20.7. The van der Waals surface area contributed by atoms with Crippen molar-refractivity contribution >= 4 is 7.82 Å². The summed E-state index contributed by atoms with van der Waals surface area (Å²) in [7, 11) is -4.97. The van der Waals surface area contributed by atoms with Crippen LogP contribution >= 0.6 is 7.82 Å². The van der Waals surface area contributed by atoms with E-state index >= 15 is 4.57 Å². The molecule has 116 heavy (non-hydrogen) atoms. The van der Waals surface area contributed by atoms with E-state index in [2.05, 4.69) is 396 Å². The fourth-order valence-corrected chi connectivity index (χ4v) is 19.0. The topological polar surface area (TPSA) is 44.8 Å². The van der Waals surface area contributed by atoms with E-state index in [9.17, 15) is 0 Å². The fourth-order valence-electron chi connectivity index (χ4n) is 17.6. The number of phosphoric ester groups is 1. The highest BCUT2D eigenvalue weighted by molar-refractivity contribution is 7.48. The Hall–Kier alpha value is -5.35. The maximum atomic E-state index is 19.3. The van der Waals surface area contributed by atoms with Crippen molar-refractivity contribution in [1.82, 2.24) is 0 Å². The lowest BCUT2D eigenvalue weighted by atomic mass is 9.62. The maximum absolute atomic E-state index is 19.3. The third-order valence-corrected chi connectivity index (χ3v) is 27.5. The van der Waals surface area contributed by atoms with Crippen LogP contribution in [0.15, 0.2) is 147 Å². The lowest BCUT2D eigenvalue weighted by Gasteiger charge is -2.45. The Bertz CT molecular complexity index is 3900. The van der Waals surface area contributed by atoms with E-state index in [1.807, 2.05) is 0 Å². The molecular weight excluding hydrogens is 1430 g/mol. The van der Waals surface area contributed by atoms with Crippen LogP contribution < -0.4 is 0 Å². The molecule has 0 radical (unpaired) electrons. The molecule has 5 heteroatoms. The fraction of sp³-hybridized carbons (Fsp3) is 0.622. The summed E-state index contributed by atoms with van der Waals surface area (Å²) in [6.45, 7) is 97.7. The predicted molar refractivity (Wildman–Crippen MR) is 511 cm³/mol. The second kappa shape index (κ2) is 37.2. The molecule has 6 aromatic rings. The van der Waals surface area contributed by atoms with Crippen molar-refractivity contribution in [2.24, 2.45) is 0 Å². The molecule has 644 valence electrons. The number of benzene rings is 6. The van der Waals surface area contributed by atoms with Gasteiger partial charge in [-0.1, -0.05) is 454 Å². The summed E-state index contributed by atoms with van der Waals surface area (Å²) in [5.74, 6) is 0. The van der Waals surface area contributed by atoms with Crippen LogP contribution in [0.4, 0.5) is 0 Å². The van der Waals surface area contributed by atoms with Gasteiger partial charge in [-0.2, -0.15) is 0 Å². The Balaban J connectivity index is 2.03. The zero-order valence-electron chi connectivity index (χ0n) is 81.6.